The lowest BCUT2D eigenvalue weighted by Gasteiger charge is -2.27. The Labute approximate surface area is 121 Å². The van der Waals surface area contributed by atoms with E-state index in [-0.39, 0.29) is 18.4 Å². The number of amides is 1. The van der Waals surface area contributed by atoms with Crippen LogP contribution in [0.5, 0.6) is 0 Å². The zero-order chi connectivity index (χ0) is 15.5. The van der Waals surface area contributed by atoms with Gasteiger partial charge in [-0.05, 0) is 44.0 Å². The van der Waals surface area contributed by atoms with E-state index in [1.165, 1.54) is 12.1 Å². The van der Waals surface area contributed by atoms with E-state index >= 15 is 0 Å². The monoisotopic (exact) mass is 300 g/mol. The van der Waals surface area contributed by atoms with Gasteiger partial charge in [-0.1, -0.05) is 12.1 Å². The summed E-state index contributed by atoms with van der Waals surface area (Å²) in [6.45, 7) is 3.12. The Balaban J connectivity index is 1.86. The highest BCUT2D eigenvalue weighted by molar-refractivity contribution is 5.78. The SMILES string of the molecule is C[C@H]1C[C@@H](C(=O)NCc2ccc(C(F)(F)F)cc2)CCN1. The first kappa shape index (κ1) is 15.8. The minimum absolute atomic E-state index is 0.0179. The fourth-order valence-electron chi connectivity index (χ4n) is 2.52. The van der Waals surface area contributed by atoms with Gasteiger partial charge < -0.3 is 10.6 Å². The van der Waals surface area contributed by atoms with Gasteiger partial charge in [0, 0.05) is 18.5 Å². The Morgan fingerprint density at radius 1 is 1.33 bits per heavy atom. The van der Waals surface area contributed by atoms with Gasteiger partial charge in [-0.25, -0.2) is 0 Å². The van der Waals surface area contributed by atoms with Gasteiger partial charge in [0.05, 0.1) is 5.56 Å². The fraction of sp³-hybridized carbons (Fsp3) is 0.533. The number of benzene rings is 1. The van der Waals surface area contributed by atoms with Crippen molar-refractivity contribution in [2.45, 2.75) is 38.5 Å². The standard InChI is InChI=1S/C15H19F3N2O/c1-10-8-12(6-7-19-10)14(21)20-9-11-2-4-13(5-3-11)15(16,17)18/h2-5,10,12,19H,6-9H2,1H3,(H,20,21)/t10-,12-/m0/s1. The first-order chi connectivity index (χ1) is 9.86. The number of carbonyl (C=O) groups excluding carboxylic acids is 1. The molecule has 0 radical (unpaired) electrons. The quantitative estimate of drug-likeness (QED) is 0.901. The van der Waals surface area contributed by atoms with Crippen LogP contribution in [0.25, 0.3) is 0 Å². The lowest BCUT2D eigenvalue weighted by atomic mass is 9.92. The van der Waals surface area contributed by atoms with Crippen molar-refractivity contribution in [3.05, 3.63) is 35.4 Å². The van der Waals surface area contributed by atoms with Crippen LogP contribution in [0.4, 0.5) is 13.2 Å². The van der Waals surface area contributed by atoms with Crippen molar-refractivity contribution in [3.8, 4) is 0 Å². The molecule has 0 bridgehead atoms. The first-order valence-electron chi connectivity index (χ1n) is 7.03. The van der Waals surface area contributed by atoms with Gasteiger partial charge in [0.25, 0.3) is 0 Å². The molecule has 2 rings (SSSR count). The van der Waals surface area contributed by atoms with Gasteiger partial charge in [-0.15, -0.1) is 0 Å². The Morgan fingerprint density at radius 3 is 2.57 bits per heavy atom. The van der Waals surface area contributed by atoms with Crippen LogP contribution in [-0.2, 0) is 17.5 Å². The molecule has 1 heterocycles. The van der Waals surface area contributed by atoms with Crippen LogP contribution in [0.1, 0.15) is 30.9 Å². The molecule has 1 aliphatic heterocycles. The highest BCUT2D eigenvalue weighted by Crippen LogP contribution is 2.29. The third-order valence-electron chi connectivity index (χ3n) is 3.74. The number of carbonyl (C=O) groups is 1. The molecule has 1 fully saturated rings. The maximum absolute atomic E-state index is 12.4. The molecule has 0 unspecified atom stereocenters. The van der Waals surface area contributed by atoms with Crippen molar-refractivity contribution >= 4 is 5.91 Å². The number of nitrogens with one attached hydrogen (secondary N) is 2. The van der Waals surface area contributed by atoms with Crippen molar-refractivity contribution in [1.29, 1.82) is 0 Å². The lowest BCUT2D eigenvalue weighted by Crippen LogP contribution is -2.42. The predicted octanol–water partition coefficient (Wildman–Crippen LogP) is 2.71. The van der Waals surface area contributed by atoms with E-state index in [0.29, 0.717) is 11.6 Å². The van der Waals surface area contributed by atoms with Gasteiger partial charge in [0.15, 0.2) is 0 Å². The second-order valence-electron chi connectivity index (χ2n) is 5.49. The van der Waals surface area contributed by atoms with Crippen LogP contribution in [0.2, 0.25) is 0 Å². The average molecular weight is 300 g/mol. The molecule has 0 aliphatic carbocycles. The number of piperidine rings is 1. The Bertz CT molecular complexity index is 485. The second-order valence-corrected chi connectivity index (χ2v) is 5.49. The highest BCUT2D eigenvalue weighted by atomic mass is 19.4. The average Bonchev–Trinajstić information content (AvgIpc) is 2.44. The van der Waals surface area contributed by atoms with Gasteiger partial charge in [-0.3, -0.25) is 4.79 Å². The van der Waals surface area contributed by atoms with Crippen LogP contribution >= 0.6 is 0 Å². The maximum atomic E-state index is 12.4. The predicted molar refractivity (Wildman–Crippen MR) is 73.5 cm³/mol. The van der Waals surface area contributed by atoms with Crippen molar-refractivity contribution < 1.29 is 18.0 Å². The molecule has 1 saturated heterocycles. The first-order valence-corrected chi connectivity index (χ1v) is 7.03. The molecule has 3 nitrogen and oxygen atoms in total. The summed E-state index contributed by atoms with van der Waals surface area (Å²) in [7, 11) is 0. The van der Waals surface area contributed by atoms with E-state index in [1.807, 2.05) is 6.92 Å². The molecule has 1 aliphatic rings. The second kappa shape index (κ2) is 6.47. The molecular formula is C15H19F3N2O. The van der Waals surface area contributed by atoms with E-state index in [2.05, 4.69) is 10.6 Å². The number of rotatable bonds is 3. The van der Waals surface area contributed by atoms with Crippen LogP contribution in [0.15, 0.2) is 24.3 Å². The molecule has 0 spiro atoms. The molecule has 0 aromatic heterocycles. The Kier molecular flexibility index (Phi) is 4.88. The lowest BCUT2D eigenvalue weighted by molar-refractivity contribution is -0.137. The maximum Gasteiger partial charge on any atom is 0.416 e. The van der Waals surface area contributed by atoms with Crippen molar-refractivity contribution in [3.63, 3.8) is 0 Å². The van der Waals surface area contributed by atoms with Gasteiger partial charge in [0.2, 0.25) is 5.91 Å². The molecule has 2 N–H and O–H groups in total. The summed E-state index contributed by atoms with van der Waals surface area (Å²) < 4.78 is 37.3. The summed E-state index contributed by atoms with van der Waals surface area (Å²) in [6.07, 6.45) is -2.74. The zero-order valence-corrected chi connectivity index (χ0v) is 11.8. The molecule has 1 amide bonds. The van der Waals surface area contributed by atoms with Crippen molar-refractivity contribution in [2.75, 3.05) is 6.54 Å². The smallest absolute Gasteiger partial charge is 0.352 e. The van der Waals surface area contributed by atoms with Crippen LogP contribution in [0.3, 0.4) is 0 Å². The molecule has 1 aromatic carbocycles. The van der Waals surface area contributed by atoms with Gasteiger partial charge in [-0.2, -0.15) is 13.2 Å². The minimum atomic E-state index is -4.33. The summed E-state index contributed by atoms with van der Waals surface area (Å²) in [6, 6.07) is 5.19. The summed E-state index contributed by atoms with van der Waals surface area (Å²) in [5.41, 5.74) is -0.0110. The molecule has 116 valence electrons. The highest BCUT2D eigenvalue weighted by Gasteiger charge is 2.30. The third-order valence-corrected chi connectivity index (χ3v) is 3.74. The van der Waals surface area contributed by atoms with E-state index in [1.54, 1.807) is 0 Å². The summed E-state index contributed by atoms with van der Waals surface area (Å²) in [5, 5.41) is 6.07. The molecule has 1 aromatic rings. The van der Waals surface area contributed by atoms with Crippen molar-refractivity contribution in [2.24, 2.45) is 5.92 Å². The van der Waals surface area contributed by atoms with E-state index in [9.17, 15) is 18.0 Å². The number of hydrogen-bond acceptors (Lipinski definition) is 2. The zero-order valence-electron chi connectivity index (χ0n) is 11.8. The molecule has 2 atom stereocenters. The summed E-state index contributed by atoms with van der Waals surface area (Å²) in [5.74, 6) is -0.0426. The minimum Gasteiger partial charge on any atom is -0.352 e. The molecule has 21 heavy (non-hydrogen) atoms. The molecular weight excluding hydrogens is 281 g/mol. The summed E-state index contributed by atoms with van der Waals surface area (Å²) in [4.78, 5) is 12.0. The van der Waals surface area contributed by atoms with E-state index < -0.39 is 11.7 Å². The molecule has 0 saturated carbocycles. The normalized spacial score (nSPS) is 22.9. The van der Waals surface area contributed by atoms with Gasteiger partial charge in [0.1, 0.15) is 0 Å². The topological polar surface area (TPSA) is 41.1 Å². The largest absolute Gasteiger partial charge is 0.416 e. The van der Waals surface area contributed by atoms with Gasteiger partial charge >= 0.3 is 6.18 Å². The Hall–Kier alpha value is -1.56. The number of hydrogen-bond donors (Lipinski definition) is 2. The fourth-order valence-corrected chi connectivity index (χ4v) is 2.52. The van der Waals surface area contributed by atoms with E-state index in [4.69, 9.17) is 0 Å². The van der Waals surface area contributed by atoms with Crippen LogP contribution in [-0.4, -0.2) is 18.5 Å². The van der Waals surface area contributed by atoms with Crippen LogP contribution in [0, 0.1) is 5.92 Å². The summed E-state index contributed by atoms with van der Waals surface area (Å²) >= 11 is 0. The van der Waals surface area contributed by atoms with E-state index in [0.717, 1.165) is 31.5 Å². The third kappa shape index (κ3) is 4.46. The number of alkyl halides is 3. The Morgan fingerprint density at radius 2 is 2.00 bits per heavy atom. The van der Waals surface area contributed by atoms with Crippen molar-refractivity contribution in [1.82, 2.24) is 10.6 Å². The van der Waals surface area contributed by atoms with Crippen LogP contribution < -0.4 is 10.6 Å². The molecule has 6 heteroatoms. The number of halogens is 3.